The predicted octanol–water partition coefficient (Wildman–Crippen LogP) is 4.47. The van der Waals surface area contributed by atoms with Crippen LogP contribution in [-0.2, 0) is 0 Å². The van der Waals surface area contributed by atoms with E-state index in [9.17, 15) is 9.90 Å². The third kappa shape index (κ3) is 4.47. The molecule has 0 bridgehead atoms. The zero-order valence-electron chi connectivity index (χ0n) is 15.1. The van der Waals surface area contributed by atoms with Gasteiger partial charge in [-0.05, 0) is 18.6 Å². The van der Waals surface area contributed by atoms with Crippen LogP contribution < -0.4 is 4.74 Å². The molecule has 2 aromatic heterocycles. The van der Waals surface area contributed by atoms with E-state index in [0.717, 1.165) is 19.3 Å². The molecule has 0 radical (unpaired) electrons. The fourth-order valence-electron chi connectivity index (χ4n) is 2.69. The van der Waals surface area contributed by atoms with Gasteiger partial charge in [0.05, 0.1) is 12.3 Å². The number of carboxylic acid groups (broad SMARTS) is 1. The van der Waals surface area contributed by atoms with E-state index in [4.69, 9.17) is 4.74 Å². The number of unbranched alkanes of at least 4 members (excludes halogenated alkanes) is 2. The van der Waals surface area contributed by atoms with E-state index in [-0.39, 0.29) is 11.4 Å². The van der Waals surface area contributed by atoms with E-state index < -0.39 is 5.97 Å². The molecule has 0 aliphatic heterocycles. The highest BCUT2D eigenvalue weighted by Gasteiger charge is 2.23. The number of ether oxygens (including phenoxy) is 1. The van der Waals surface area contributed by atoms with Crippen molar-refractivity contribution in [2.45, 2.75) is 26.2 Å². The molecule has 1 aromatic carbocycles. The lowest BCUT2D eigenvalue weighted by Crippen LogP contribution is -2.11. The van der Waals surface area contributed by atoms with Gasteiger partial charge < -0.3 is 9.84 Å². The first kappa shape index (κ1) is 18.5. The Morgan fingerprint density at radius 2 is 1.81 bits per heavy atom. The SMILES string of the molecule is CCCCCOc1nc(-c2cccnc2)nc(-c2ccccc2)c1C(=O)O. The standard InChI is InChI=1S/C21H21N3O3/c1-2-3-7-13-27-20-17(21(25)26)18(15-9-5-4-6-10-15)23-19(24-20)16-11-8-12-22-14-16/h4-6,8-12,14H,2-3,7,13H2,1H3,(H,25,26). The van der Waals surface area contributed by atoms with Crippen LogP contribution in [-0.4, -0.2) is 32.6 Å². The highest BCUT2D eigenvalue weighted by molar-refractivity contribution is 5.97. The van der Waals surface area contributed by atoms with Crippen LogP contribution in [0.2, 0.25) is 0 Å². The summed E-state index contributed by atoms with van der Waals surface area (Å²) in [4.78, 5) is 25.0. The summed E-state index contributed by atoms with van der Waals surface area (Å²) in [5.41, 5.74) is 1.71. The number of pyridine rings is 1. The number of hydrogen-bond acceptors (Lipinski definition) is 5. The Bertz CT molecular complexity index is 899. The van der Waals surface area contributed by atoms with Crippen LogP contribution in [0.25, 0.3) is 22.6 Å². The smallest absolute Gasteiger partial charge is 0.343 e. The molecular formula is C21H21N3O3. The average molecular weight is 363 g/mol. The molecule has 0 atom stereocenters. The fourth-order valence-corrected chi connectivity index (χ4v) is 2.69. The second-order valence-electron chi connectivity index (χ2n) is 6.04. The minimum absolute atomic E-state index is 0.0228. The van der Waals surface area contributed by atoms with Crippen molar-refractivity contribution >= 4 is 5.97 Å². The van der Waals surface area contributed by atoms with E-state index >= 15 is 0 Å². The fraction of sp³-hybridized carbons (Fsp3) is 0.238. The number of benzene rings is 1. The molecule has 3 aromatic rings. The van der Waals surface area contributed by atoms with Gasteiger partial charge in [-0.1, -0.05) is 50.1 Å². The van der Waals surface area contributed by atoms with Crippen LogP contribution in [0.5, 0.6) is 5.88 Å². The molecule has 27 heavy (non-hydrogen) atoms. The third-order valence-corrected chi connectivity index (χ3v) is 4.04. The molecule has 6 nitrogen and oxygen atoms in total. The lowest BCUT2D eigenvalue weighted by atomic mass is 10.1. The van der Waals surface area contributed by atoms with Gasteiger partial charge in [0.25, 0.3) is 0 Å². The maximum Gasteiger partial charge on any atom is 0.343 e. The van der Waals surface area contributed by atoms with E-state index in [1.54, 1.807) is 18.5 Å². The first-order chi connectivity index (χ1) is 13.2. The van der Waals surface area contributed by atoms with Crippen LogP contribution in [0.1, 0.15) is 36.5 Å². The van der Waals surface area contributed by atoms with Gasteiger partial charge in [-0.3, -0.25) is 4.98 Å². The highest BCUT2D eigenvalue weighted by atomic mass is 16.5. The zero-order valence-corrected chi connectivity index (χ0v) is 15.1. The van der Waals surface area contributed by atoms with Gasteiger partial charge in [0.2, 0.25) is 5.88 Å². The quantitative estimate of drug-likeness (QED) is 0.594. The van der Waals surface area contributed by atoms with Crippen LogP contribution in [0.3, 0.4) is 0 Å². The summed E-state index contributed by atoms with van der Waals surface area (Å²) in [6.07, 6.45) is 6.20. The molecule has 3 rings (SSSR count). The average Bonchev–Trinajstić information content (AvgIpc) is 2.71. The van der Waals surface area contributed by atoms with Crippen molar-refractivity contribution in [3.63, 3.8) is 0 Å². The Labute approximate surface area is 157 Å². The van der Waals surface area contributed by atoms with Gasteiger partial charge in [-0.25, -0.2) is 9.78 Å². The van der Waals surface area contributed by atoms with E-state index in [2.05, 4.69) is 21.9 Å². The van der Waals surface area contributed by atoms with Crippen LogP contribution in [0.15, 0.2) is 54.9 Å². The monoisotopic (exact) mass is 363 g/mol. The van der Waals surface area contributed by atoms with Gasteiger partial charge in [0, 0.05) is 23.5 Å². The van der Waals surface area contributed by atoms with Crippen molar-refractivity contribution in [2.75, 3.05) is 6.61 Å². The summed E-state index contributed by atoms with van der Waals surface area (Å²) < 4.78 is 5.77. The number of aromatic carboxylic acids is 1. The Morgan fingerprint density at radius 1 is 1.04 bits per heavy atom. The third-order valence-electron chi connectivity index (χ3n) is 4.04. The summed E-state index contributed by atoms with van der Waals surface area (Å²) in [7, 11) is 0. The predicted molar refractivity (Wildman–Crippen MR) is 103 cm³/mol. The van der Waals surface area contributed by atoms with Crippen molar-refractivity contribution in [1.29, 1.82) is 0 Å². The second kappa shape index (κ2) is 8.89. The second-order valence-corrected chi connectivity index (χ2v) is 6.04. The maximum absolute atomic E-state index is 12.0. The van der Waals surface area contributed by atoms with Crippen molar-refractivity contribution in [1.82, 2.24) is 15.0 Å². The number of carboxylic acids is 1. The summed E-state index contributed by atoms with van der Waals surface area (Å²) >= 11 is 0. The topological polar surface area (TPSA) is 85.2 Å². The summed E-state index contributed by atoms with van der Waals surface area (Å²) in [5, 5.41) is 9.80. The minimum atomic E-state index is -1.11. The molecule has 6 heteroatoms. The Balaban J connectivity index is 2.13. The number of hydrogen-bond donors (Lipinski definition) is 1. The van der Waals surface area contributed by atoms with Crippen molar-refractivity contribution in [2.24, 2.45) is 0 Å². The molecule has 0 saturated heterocycles. The molecule has 0 spiro atoms. The van der Waals surface area contributed by atoms with Gasteiger partial charge in [0.1, 0.15) is 5.56 Å². The molecule has 1 N–H and O–H groups in total. The van der Waals surface area contributed by atoms with E-state index in [0.29, 0.717) is 29.3 Å². The molecule has 0 saturated carbocycles. The maximum atomic E-state index is 12.0. The van der Waals surface area contributed by atoms with Crippen molar-refractivity contribution in [3.8, 4) is 28.5 Å². The molecule has 2 heterocycles. The molecule has 0 amide bonds. The molecule has 0 unspecified atom stereocenters. The molecule has 0 aliphatic carbocycles. The van der Waals surface area contributed by atoms with Crippen LogP contribution in [0, 0.1) is 0 Å². The number of aromatic nitrogens is 3. The summed E-state index contributed by atoms with van der Waals surface area (Å²) in [5.74, 6) is -0.638. The lowest BCUT2D eigenvalue weighted by molar-refractivity contribution is 0.0691. The molecule has 138 valence electrons. The minimum Gasteiger partial charge on any atom is -0.477 e. The molecular weight excluding hydrogens is 342 g/mol. The van der Waals surface area contributed by atoms with Gasteiger partial charge in [-0.2, -0.15) is 4.98 Å². The highest BCUT2D eigenvalue weighted by Crippen LogP contribution is 2.31. The van der Waals surface area contributed by atoms with Crippen molar-refractivity contribution in [3.05, 3.63) is 60.4 Å². The van der Waals surface area contributed by atoms with Crippen LogP contribution in [0.4, 0.5) is 0 Å². The van der Waals surface area contributed by atoms with Gasteiger partial charge in [-0.15, -0.1) is 0 Å². The first-order valence-electron chi connectivity index (χ1n) is 8.94. The molecule has 0 aliphatic rings. The first-order valence-corrected chi connectivity index (χ1v) is 8.94. The zero-order chi connectivity index (χ0) is 19.1. The van der Waals surface area contributed by atoms with E-state index in [1.165, 1.54) is 0 Å². The van der Waals surface area contributed by atoms with Gasteiger partial charge >= 0.3 is 5.97 Å². The molecule has 0 fully saturated rings. The number of rotatable bonds is 8. The van der Waals surface area contributed by atoms with Gasteiger partial charge in [0.15, 0.2) is 5.82 Å². The number of carbonyl (C=O) groups is 1. The van der Waals surface area contributed by atoms with Crippen molar-refractivity contribution < 1.29 is 14.6 Å². The largest absolute Gasteiger partial charge is 0.477 e. The normalized spacial score (nSPS) is 10.6. The summed E-state index contributed by atoms with van der Waals surface area (Å²) in [6, 6.07) is 12.8. The summed E-state index contributed by atoms with van der Waals surface area (Å²) in [6.45, 7) is 2.51. The Hall–Kier alpha value is -3.28. The Kier molecular flexibility index (Phi) is 6.10. The lowest BCUT2D eigenvalue weighted by Gasteiger charge is -2.14. The van der Waals surface area contributed by atoms with E-state index in [1.807, 2.05) is 36.4 Å². The van der Waals surface area contributed by atoms with Crippen LogP contribution >= 0.6 is 0 Å². The number of nitrogens with zero attached hydrogens (tertiary/aromatic N) is 3. The Morgan fingerprint density at radius 3 is 2.48 bits per heavy atom.